The van der Waals surface area contributed by atoms with Crippen molar-refractivity contribution in [1.29, 1.82) is 0 Å². The zero-order valence-electron chi connectivity index (χ0n) is 14.5. The van der Waals surface area contributed by atoms with Gasteiger partial charge in [-0.3, -0.25) is 10.1 Å². The number of nitrogens with zero attached hydrogens (tertiary/aromatic N) is 1. The number of carbonyl (C=O) groups excluding carboxylic acids is 1. The number of likely N-dealkylation sites (N-methyl/N-ethyl adjacent to an activating group) is 1. The first-order valence-corrected chi connectivity index (χ1v) is 7.96. The molecule has 0 bridgehead atoms. The van der Waals surface area contributed by atoms with Gasteiger partial charge in [0.25, 0.3) is 0 Å². The van der Waals surface area contributed by atoms with Crippen LogP contribution >= 0.6 is 0 Å². The molecule has 2 unspecified atom stereocenters. The zero-order valence-corrected chi connectivity index (χ0v) is 14.5. The van der Waals surface area contributed by atoms with Gasteiger partial charge in [0.1, 0.15) is 5.54 Å². The van der Waals surface area contributed by atoms with E-state index < -0.39 is 5.54 Å². The van der Waals surface area contributed by atoms with E-state index >= 15 is 0 Å². The molecule has 0 heterocycles. The van der Waals surface area contributed by atoms with Gasteiger partial charge >= 0.3 is 5.97 Å². The third-order valence-corrected chi connectivity index (χ3v) is 3.59. The van der Waals surface area contributed by atoms with Crippen molar-refractivity contribution in [3.63, 3.8) is 0 Å². The summed E-state index contributed by atoms with van der Waals surface area (Å²) in [5.74, 6) is 0.483. The Morgan fingerprint density at radius 2 is 1.85 bits per heavy atom. The highest BCUT2D eigenvalue weighted by molar-refractivity contribution is 5.80. The molecule has 0 fully saturated rings. The summed E-state index contributed by atoms with van der Waals surface area (Å²) >= 11 is 0. The molecular formula is C16H34N2O2. The quantitative estimate of drug-likeness (QED) is 0.627. The van der Waals surface area contributed by atoms with Gasteiger partial charge in [-0.05, 0) is 40.2 Å². The second-order valence-electron chi connectivity index (χ2n) is 6.19. The standard InChI is InChI=1S/C16H34N2O2/c1-8-14(6)11-18(9-2)12-16(7,17-13(4)5)15(19)20-10-3/h13-14,17H,8-12H2,1-7H3. The molecule has 0 saturated heterocycles. The second-order valence-corrected chi connectivity index (χ2v) is 6.19. The molecule has 4 heteroatoms. The largest absolute Gasteiger partial charge is 0.465 e. The zero-order chi connectivity index (χ0) is 15.8. The van der Waals surface area contributed by atoms with E-state index in [1.165, 1.54) is 0 Å². The van der Waals surface area contributed by atoms with E-state index in [4.69, 9.17) is 4.74 Å². The highest BCUT2D eigenvalue weighted by Crippen LogP contribution is 2.14. The Kier molecular flexibility index (Phi) is 9.06. The lowest BCUT2D eigenvalue weighted by Gasteiger charge is -2.36. The maximum atomic E-state index is 12.3. The van der Waals surface area contributed by atoms with Gasteiger partial charge in [0, 0.05) is 19.1 Å². The van der Waals surface area contributed by atoms with Gasteiger partial charge in [-0.2, -0.15) is 0 Å². The lowest BCUT2D eigenvalue weighted by Crippen LogP contribution is -2.59. The number of ether oxygens (including phenoxy) is 1. The van der Waals surface area contributed by atoms with E-state index in [1.54, 1.807) is 0 Å². The predicted molar refractivity (Wildman–Crippen MR) is 84.9 cm³/mol. The van der Waals surface area contributed by atoms with Crippen molar-refractivity contribution in [3.8, 4) is 0 Å². The van der Waals surface area contributed by atoms with E-state index in [2.05, 4.69) is 44.8 Å². The van der Waals surface area contributed by atoms with Crippen LogP contribution in [0, 0.1) is 5.92 Å². The van der Waals surface area contributed by atoms with Crippen LogP contribution in [0.4, 0.5) is 0 Å². The molecule has 4 nitrogen and oxygen atoms in total. The first-order chi connectivity index (χ1) is 9.28. The van der Waals surface area contributed by atoms with Gasteiger partial charge < -0.3 is 9.64 Å². The third kappa shape index (κ3) is 6.71. The first-order valence-electron chi connectivity index (χ1n) is 7.96. The number of esters is 1. The Labute approximate surface area is 125 Å². The lowest BCUT2D eigenvalue weighted by atomic mass is 9.99. The van der Waals surface area contributed by atoms with Crippen molar-refractivity contribution in [2.75, 3.05) is 26.2 Å². The average molecular weight is 286 g/mol. The minimum atomic E-state index is -0.645. The summed E-state index contributed by atoms with van der Waals surface area (Å²) in [6.07, 6.45) is 1.16. The van der Waals surface area contributed by atoms with Gasteiger partial charge in [0.05, 0.1) is 6.61 Å². The Hall–Kier alpha value is -0.610. The lowest BCUT2D eigenvalue weighted by molar-refractivity contribution is -0.151. The third-order valence-electron chi connectivity index (χ3n) is 3.59. The number of nitrogens with one attached hydrogen (secondary N) is 1. The molecule has 1 N–H and O–H groups in total. The first kappa shape index (κ1) is 19.4. The van der Waals surface area contributed by atoms with Crippen LogP contribution < -0.4 is 5.32 Å². The van der Waals surface area contributed by atoms with E-state index in [0.29, 0.717) is 19.1 Å². The highest BCUT2D eigenvalue weighted by Gasteiger charge is 2.36. The van der Waals surface area contributed by atoms with Gasteiger partial charge in [-0.1, -0.05) is 27.2 Å². The van der Waals surface area contributed by atoms with E-state index in [9.17, 15) is 4.79 Å². The molecule has 0 aromatic heterocycles. The van der Waals surface area contributed by atoms with Gasteiger partial charge in [0.2, 0.25) is 0 Å². The molecule has 0 saturated carbocycles. The van der Waals surface area contributed by atoms with Crippen molar-refractivity contribution in [3.05, 3.63) is 0 Å². The predicted octanol–water partition coefficient (Wildman–Crippen LogP) is 2.67. The van der Waals surface area contributed by atoms with Gasteiger partial charge in [-0.15, -0.1) is 0 Å². The number of hydrogen-bond acceptors (Lipinski definition) is 4. The molecule has 20 heavy (non-hydrogen) atoms. The fourth-order valence-corrected chi connectivity index (χ4v) is 2.42. The summed E-state index contributed by atoms with van der Waals surface area (Å²) in [4.78, 5) is 14.6. The van der Waals surface area contributed by atoms with Crippen LogP contribution in [0.25, 0.3) is 0 Å². The Bertz CT molecular complexity index is 282. The number of rotatable bonds is 10. The van der Waals surface area contributed by atoms with Crippen LogP contribution in [0.5, 0.6) is 0 Å². The second kappa shape index (κ2) is 9.35. The fourth-order valence-electron chi connectivity index (χ4n) is 2.42. The molecular weight excluding hydrogens is 252 g/mol. The maximum absolute atomic E-state index is 12.3. The van der Waals surface area contributed by atoms with Crippen LogP contribution in [-0.2, 0) is 9.53 Å². The normalized spacial score (nSPS) is 16.2. The van der Waals surface area contributed by atoms with Gasteiger partial charge in [-0.25, -0.2) is 0 Å². The van der Waals surface area contributed by atoms with Crippen LogP contribution in [0.1, 0.15) is 54.9 Å². The van der Waals surface area contributed by atoms with Crippen molar-refractivity contribution in [1.82, 2.24) is 10.2 Å². The van der Waals surface area contributed by atoms with E-state index in [1.807, 2.05) is 13.8 Å². The molecule has 0 rings (SSSR count). The topological polar surface area (TPSA) is 41.6 Å². The summed E-state index contributed by atoms with van der Waals surface area (Å²) < 4.78 is 5.26. The highest BCUT2D eigenvalue weighted by atomic mass is 16.5. The molecule has 0 aliphatic heterocycles. The van der Waals surface area contributed by atoms with Crippen molar-refractivity contribution in [2.24, 2.45) is 5.92 Å². The molecule has 120 valence electrons. The molecule has 0 aromatic carbocycles. The average Bonchev–Trinajstić information content (AvgIpc) is 2.36. The monoisotopic (exact) mass is 286 g/mol. The minimum Gasteiger partial charge on any atom is -0.465 e. The van der Waals surface area contributed by atoms with Crippen LogP contribution in [0.15, 0.2) is 0 Å². The maximum Gasteiger partial charge on any atom is 0.327 e. The van der Waals surface area contributed by atoms with Crippen molar-refractivity contribution >= 4 is 5.97 Å². The van der Waals surface area contributed by atoms with Gasteiger partial charge in [0.15, 0.2) is 0 Å². The Morgan fingerprint density at radius 1 is 1.25 bits per heavy atom. The van der Waals surface area contributed by atoms with Crippen LogP contribution in [-0.4, -0.2) is 48.7 Å². The van der Waals surface area contributed by atoms with E-state index in [0.717, 1.165) is 19.5 Å². The van der Waals surface area contributed by atoms with E-state index in [-0.39, 0.29) is 12.0 Å². The Balaban J connectivity index is 4.88. The molecule has 0 amide bonds. The number of hydrogen-bond donors (Lipinski definition) is 1. The number of carbonyl (C=O) groups is 1. The summed E-state index contributed by atoms with van der Waals surface area (Å²) in [5.41, 5.74) is -0.645. The van der Waals surface area contributed by atoms with Crippen molar-refractivity contribution in [2.45, 2.75) is 66.5 Å². The SMILES string of the molecule is CCOC(=O)C(C)(CN(CC)CC(C)CC)NC(C)C. The summed E-state index contributed by atoms with van der Waals surface area (Å²) in [6.45, 7) is 17.6. The summed E-state index contributed by atoms with van der Waals surface area (Å²) in [5, 5.41) is 3.38. The molecule has 0 spiro atoms. The summed E-state index contributed by atoms with van der Waals surface area (Å²) in [6, 6.07) is 0.242. The minimum absolute atomic E-state index is 0.156. The van der Waals surface area contributed by atoms with Crippen molar-refractivity contribution < 1.29 is 9.53 Å². The smallest absolute Gasteiger partial charge is 0.327 e. The molecule has 2 atom stereocenters. The molecule has 0 aliphatic rings. The summed E-state index contributed by atoms with van der Waals surface area (Å²) in [7, 11) is 0. The van der Waals surface area contributed by atoms with Crippen LogP contribution in [0.2, 0.25) is 0 Å². The van der Waals surface area contributed by atoms with Crippen LogP contribution in [0.3, 0.4) is 0 Å². The fraction of sp³-hybridized carbons (Fsp3) is 0.938. The Morgan fingerprint density at radius 3 is 2.25 bits per heavy atom. The molecule has 0 aliphatic carbocycles. The molecule has 0 radical (unpaired) electrons. The molecule has 0 aromatic rings.